The van der Waals surface area contributed by atoms with E-state index in [9.17, 15) is 9.47 Å². The summed E-state index contributed by atoms with van der Waals surface area (Å²) in [6, 6.07) is 10.2. The highest BCUT2D eigenvalue weighted by molar-refractivity contribution is 7.83. The first-order valence-electron chi connectivity index (χ1n) is 7.57. The van der Waals surface area contributed by atoms with Crippen molar-refractivity contribution in [3.63, 3.8) is 0 Å². The number of nitrogens with one attached hydrogen (secondary N) is 1. The summed E-state index contributed by atoms with van der Waals surface area (Å²) in [5, 5.41) is 9.61. The van der Waals surface area contributed by atoms with E-state index >= 15 is 0 Å². The summed E-state index contributed by atoms with van der Waals surface area (Å²) in [4.78, 5) is 0.769. The predicted molar refractivity (Wildman–Crippen MR) is 85.8 cm³/mol. The van der Waals surface area contributed by atoms with E-state index < -0.39 is 11.0 Å². The van der Waals surface area contributed by atoms with Gasteiger partial charge < -0.3 is 0 Å². The number of nitriles is 1. The fourth-order valence-electron chi connectivity index (χ4n) is 3.49. The van der Waals surface area contributed by atoms with E-state index in [0.29, 0.717) is 18.4 Å². The number of benzene rings is 1. The average molecular weight is 304 g/mol. The van der Waals surface area contributed by atoms with Gasteiger partial charge in [-0.3, -0.25) is 0 Å². The molecule has 1 aliphatic rings. The topological polar surface area (TPSA) is 52.9 Å². The third kappa shape index (κ3) is 4.15. The van der Waals surface area contributed by atoms with Gasteiger partial charge >= 0.3 is 0 Å². The van der Waals surface area contributed by atoms with Crippen LogP contribution in [0.4, 0.5) is 0 Å². The number of nitrogens with zero attached hydrogens (tertiary/aromatic N) is 1. The van der Waals surface area contributed by atoms with Crippen molar-refractivity contribution in [2.45, 2.75) is 44.9 Å². The first-order chi connectivity index (χ1) is 9.94. The highest BCUT2D eigenvalue weighted by Crippen LogP contribution is 2.41. The summed E-state index contributed by atoms with van der Waals surface area (Å²) in [5.74, 6) is 1.12. The molecule has 0 radical (unpaired) electrons. The first-order valence-corrected chi connectivity index (χ1v) is 8.72. The molecule has 0 saturated heterocycles. The van der Waals surface area contributed by atoms with E-state index in [1.165, 1.54) is 6.42 Å². The fraction of sp³-hybridized carbons (Fsp3) is 0.588. The molecule has 2 rings (SSSR count). The summed E-state index contributed by atoms with van der Waals surface area (Å²) < 4.78 is 15.4. The summed E-state index contributed by atoms with van der Waals surface area (Å²) in [6.07, 6.45) is 2.97. The summed E-state index contributed by atoms with van der Waals surface area (Å²) in [7, 11) is -1.24. The number of rotatable bonds is 4. The van der Waals surface area contributed by atoms with Crippen molar-refractivity contribution in [2.75, 3.05) is 6.54 Å². The maximum absolute atomic E-state index is 12.3. The Bertz CT molecular complexity index is 537. The van der Waals surface area contributed by atoms with Gasteiger partial charge in [-0.15, -0.1) is 0 Å². The summed E-state index contributed by atoms with van der Waals surface area (Å²) in [6.45, 7) is 6.92. The van der Waals surface area contributed by atoms with Gasteiger partial charge in [-0.2, -0.15) is 5.26 Å². The second-order valence-electron chi connectivity index (χ2n) is 6.65. The zero-order valence-electron chi connectivity index (χ0n) is 13.1. The van der Waals surface area contributed by atoms with Gasteiger partial charge in [0.25, 0.3) is 0 Å². The molecule has 1 aliphatic carbocycles. The van der Waals surface area contributed by atoms with Crippen LogP contribution in [-0.4, -0.2) is 10.8 Å². The molecule has 1 N–H and O–H groups in total. The van der Waals surface area contributed by atoms with Crippen LogP contribution in [-0.2, 0) is 11.0 Å². The minimum atomic E-state index is -1.24. The van der Waals surface area contributed by atoms with E-state index in [1.54, 1.807) is 0 Å². The van der Waals surface area contributed by atoms with E-state index in [-0.39, 0.29) is 5.41 Å². The molecule has 0 amide bonds. The minimum Gasteiger partial charge on any atom is -0.238 e. The van der Waals surface area contributed by atoms with Crippen LogP contribution in [0.3, 0.4) is 0 Å². The molecule has 1 saturated carbocycles. The van der Waals surface area contributed by atoms with Crippen LogP contribution >= 0.6 is 0 Å². The Morgan fingerprint density at radius 3 is 2.38 bits per heavy atom. The van der Waals surface area contributed by atoms with Gasteiger partial charge in [0, 0.05) is 6.54 Å². The molecule has 0 bridgehead atoms. The van der Waals surface area contributed by atoms with Crippen molar-refractivity contribution in [1.82, 2.24) is 4.72 Å². The lowest BCUT2D eigenvalue weighted by Crippen LogP contribution is -2.39. The molecule has 0 heterocycles. The second-order valence-corrected chi connectivity index (χ2v) is 7.95. The molecule has 3 nitrogen and oxygen atoms in total. The Morgan fingerprint density at radius 2 is 1.86 bits per heavy atom. The fourth-order valence-corrected chi connectivity index (χ4v) is 4.45. The number of hydrogen-bond acceptors (Lipinski definition) is 2. The highest BCUT2D eigenvalue weighted by Gasteiger charge is 2.38. The van der Waals surface area contributed by atoms with Crippen LogP contribution in [0.5, 0.6) is 0 Å². The quantitative estimate of drug-likeness (QED) is 0.924. The van der Waals surface area contributed by atoms with Crippen molar-refractivity contribution in [1.29, 1.82) is 5.26 Å². The summed E-state index contributed by atoms with van der Waals surface area (Å²) >= 11 is 0. The SMILES string of the molecule is Cc1ccc(S(=O)NCC2(C#N)CC(C)CC(C)C2)cc1. The van der Waals surface area contributed by atoms with Gasteiger partial charge in [-0.1, -0.05) is 31.5 Å². The molecular formula is C17H24N2OS. The standard InChI is InChI=1S/C17H24N2OS/c1-13-4-6-16(7-5-13)21(20)19-12-17(11-18)9-14(2)8-15(3)10-17/h4-7,14-15,19H,8-10,12H2,1-3H3. The third-order valence-electron chi connectivity index (χ3n) is 4.30. The van der Waals surface area contributed by atoms with Crippen molar-refractivity contribution in [2.24, 2.45) is 17.3 Å². The summed E-state index contributed by atoms with van der Waals surface area (Å²) in [5.41, 5.74) is 0.774. The van der Waals surface area contributed by atoms with Gasteiger partial charge in [-0.05, 0) is 50.2 Å². The second kappa shape index (κ2) is 6.72. The monoisotopic (exact) mass is 304 g/mol. The third-order valence-corrected chi connectivity index (χ3v) is 5.40. The Morgan fingerprint density at radius 1 is 1.29 bits per heavy atom. The molecule has 0 aromatic heterocycles. The Labute approximate surface area is 130 Å². The average Bonchev–Trinajstić information content (AvgIpc) is 2.44. The van der Waals surface area contributed by atoms with Gasteiger partial charge in [0.2, 0.25) is 0 Å². The number of aryl methyl sites for hydroxylation is 1. The van der Waals surface area contributed by atoms with Gasteiger partial charge in [-0.25, -0.2) is 8.93 Å². The Balaban J connectivity index is 2.01. The van der Waals surface area contributed by atoms with Crippen LogP contribution in [0.15, 0.2) is 29.2 Å². The van der Waals surface area contributed by atoms with Gasteiger partial charge in [0.1, 0.15) is 11.0 Å². The van der Waals surface area contributed by atoms with Crippen molar-refractivity contribution in [3.05, 3.63) is 29.8 Å². The van der Waals surface area contributed by atoms with Crippen LogP contribution < -0.4 is 4.72 Å². The molecule has 0 aliphatic heterocycles. The van der Waals surface area contributed by atoms with E-state index in [4.69, 9.17) is 0 Å². The number of hydrogen-bond donors (Lipinski definition) is 1. The predicted octanol–water partition coefficient (Wildman–Crippen LogP) is 3.57. The molecule has 21 heavy (non-hydrogen) atoms. The maximum Gasteiger partial charge on any atom is 0.124 e. The largest absolute Gasteiger partial charge is 0.238 e. The zero-order chi connectivity index (χ0) is 15.5. The molecule has 1 fully saturated rings. The molecule has 3 atom stereocenters. The van der Waals surface area contributed by atoms with E-state index in [0.717, 1.165) is 23.3 Å². The molecule has 1 aromatic rings. The molecule has 4 heteroatoms. The van der Waals surface area contributed by atoms with Crippen LogP contribution in [0.1, 0.15) is 38.7 Å². The Kier molecular flexibility index (Phi) is 5.18. The molecule has 114 valence electrons. The Hall–Kier alpha value is -1.18. The highest BCUT2D eigenvalue weighted by atomic mass is 32.2. The molecular weight excluding hydrogens is 280 g/mol. The van der Waals surface area contributed by atoms with Crippen LogP contribution in [0, 0.1) is 35.5 Å². The van der Waals surface area contributed by atoms with Crippen molar-refractivity contribution < 1.29 is 4.21 Å². The van der Waals surface area contributed by atoms with Crippen molar-refractivity contribution in [3.8, 4) is 6.07 Å². The van der Waals surface area contributed by atoms with E-state index in [2.05, 4.69) is 24.6 Å². The molecule has 3 unspecified atom stereocenters. The van der Waals surface area contributed by atoms with Crippen LogP contribution in [0.25, 0.3) is 0 Å². The van der Waals surface area contributed by atoms with Crippen molar-refractivity contribution >= 4 is 11.0 Å². The van der Waals surface area contributed by atoms with Gasteiger partial charge in [0.15, 0.2) is 0 Å². The smallest absolute Gasteiger partial charge is 0.124 e. The normalized spacial score (nSPS) is 30.6. The lowest BCUT2D eigenvalue weighted by Gasteiger charge is -2.37. The lowest BCUT2D eigenvalue weighted by atomic mass is 9.67. The molecule has 0 spiro atoms. The van der Waals surface area contributed by atoms with Gasteiger partial charge in [0.05, 0.1) is 16.4 Å². The zero-order valence-corrected chi connectivity index (χ0v) is 13.9. The molecule has 1 aromatic carbocycles. The van der Waals surface area contributed by atoms with Crippen LogP contribution in [0.2, 0.25) is 0 Å². The minimum absolute atomic E-state index is 0.378. The lowest BCUT2D eigenvalue weighted by molar-refractivity contribution is 0.162. The van der Waals surface area contributed by atoms with E-state index in [1.807, 2.05) is 31.2 Å². The first kappa shape index (κ1) is 16.2. The maximum atomic E-state index is 12.3.